The molecule has 2 bridgehead atoms. The van der Waals surface area contributed by atoms with E-state index < -0.39 is 0 Å². The van der Waals surface area contributed by atoms with E-state index in [1.807, 2.05) is 0 Å². The van der Waals surface area contributed by atoms with Gasteiger partial charge in [0.1, 0.15) is 0 Å². The molecule has 2 aliphatic carbocycles. The molecule has 1 aliphatic heterocycles. The van der Waals surface area contributed by atoms with Gasteiger partial charge in [-0.3, -0.25) is 0 Å². The van der Waals surface area contributed by atoms with Gasteiger partial charge in [-0.25, -0.2) is 0 Å². The van der Waals surface area contributed by atoms with Crippen LogP contribution in [0.5, 0.6) is 0 Å². The van der Waals surface area contributed by atoms with Crippen molar-refractivity contribution in [2.45, 2.75) is 50.7 Å². The number of rotatable bonds is 4. The van der Waals surface area contributed by atoms with Crippen LogP contribution < -0.4 is 5.32 Å². The molecule has 2 heteroatoms. The molecule has 2 saturated carbocycles. The van der Waals surface area contributed by atoms with Crippen LogP contribution in [0.2, 0.25) is 0 Å². The third kappa shape index (κ3) is 2.53. The first kappa shape index (κ1) is 13.8. The lowest BCUT2D eigenvalue weighted by Crippen LogP contribution is -2.38. The molecule has 2 fully saturated rings. The van der Waals surface area contributed by atoms with Crippen LogP contribution in [0, 0.1) is 17.8 Å². The van der Waals surface area contributed by atoms with Crippen molar-refractivity contribution in [1.29, 1.82) is 0 Å². The van der Waals surface area contributed by atoms with Crippen molar-refractivity contribution >= 4 is 0 Å². The molecule has 0 radical (unpaired) electrons. The summed E-state index contributed by atoms with van der Waals surface area (Å²) in [5.74, 6) is 2.97. The summed E-state index contributed by atoms with van der Waals surface area (Å²) in [5.41, 5.74) is 2.91. The molecule has 4 rings (SSSR count). The number of ether oxygens (including phenoxy) is 1. The summed E-state index contributed by atoms with van der Waals surface area (Å²) in [6.45, 7) is 0.872. The van der Waals surface area contributed by atoms with Crippen LogP contribution >= 0.6 is 0 Å². The number of benzene rings is 1. The maximum atomic E-state index is 6.19. The smallest absolute Gasteiger partial charge is 0.0980 e. The summed E-state index contributed by atoms with van der Waals surface area (Å²) in [7, 11) is 2.11. The molecule has 5 atom stereocenters. The van der Waals surface area contributed by atoms with E-state index in [2.05, 4.69) is 36.6 Å². The molecule has 21 heavy (non-hydrogen) atoms. The summed E-state index contributed by atoms with van der Waals surface area (Å²) >= 11 is 0. The van der Waals surface area contributed by atoms with Crippen LogP contribution in [-0.4, -0.2) is 19.7 Å². The Kier molecular flexibility index (Phi) is 3.76. The van der Waals surface area contributed by atoms with Crippen molar-refractivity contribution in [1.82, 2.24) is 5.32 Å². The molecule has 0 saturated heterocycles. The average molecular weight is 285 g/mol. The van der Waals surface area contributed by atoms with Gasteiger partial charge < -0.3 is 10.1 Å². The summed E-state index contributed by atoms with van der Waals surface area (Å²) in [4.78, 5) is 0. The molecule has 0 aromatic heterocycles. The number of likely N-dealkylation sites (N-methyl/N-ethyl adjacent to an activating group) is 1. The van der Waals surface area contributed by atoms with Crippen LogP contribution in [0.1, 0.15) is 49.3 Å². The van der Waals surface area contributed by atoms with E-state index in [0.717, 1.165) is 30.8 Å². The maximum absolute atomic E-state index is 6.19. The van der Waals surface area contributed by atoms with E-state index in [1.54, 1.807) is 0 Å². The Balaban J connectivity index is 1.51. The third-order valence-electron chi connectivity index (χ3n) is 6.21. The molecule has 0 amide bonds. The fraction of sp³-hybridized carbons (Fsp3) is 0.684. The van der Waals surface area contributed by atoms with Crippen molar-refractivity contribution < 1.29 is 4.74 Å². The van der Waals surface area contributed by atoms with Crippen LogP contribution in [-0.2, 0) is 11.2 Å². The second-order valence-electron chi connectivity index (χ2n) is 7.31. The van der Waals surface area contributed by atoms with Crippen LogP contribution in [0.15, 0.2) is 24.3 Å². The highest BCUT2D eigenvalue weighted by atomic mass is 16.5. The standard InChI is InChI=1S/C19H27NO/c1-20-18(12-16-11-13-6-7-15(16)10-13)19-17-5-3-2-4-14(17)8-9-21-19/h2-5,13,15-16,18-20H,6-12H2,1H3. The van der Waals surface area contributed by atoms with Crippen molar-refractivity contribution in [3.63, 3.8) is 0 Å². The van der Waals surface area contributed by atoms with Crippen LogP contribution in [0.3, 0.4) is 0 Å². The van der Waals surface area contributed by atoms with Gasteiger partial charge in [-0.2, -0.15) is 0 Å². The van der Waals surface area contributed by atoms with Crippen LogP contribution in [0.4, 0.5) is 0 Å². The van der Waals surface area contributed by atoms with Gasteiger partial charge in [-0.1, -0.05) is 30.7 Å². The first-order chi connectivity index (χ1) is 10.3. The average Bonchev–Trinajstić information content (AvgIpc) is 3.15. The monoisotopic (exact) mass is 285 g/mol. The lowest BCUT2D eigenvalue weighted by Gasteiger charge is -2.35. The van der Waals surface area contributed by atoms with Crippen molar-refractivity contribution in [3.05, 3.63) is 35.4 Å². The molecule has 3 aliphatic rings. The molecule has 1 heterocycles. The van der Waals surface area contributed by atoms with E-state index in [-0.39, 0.29) is 6.10 Å². The highest BCUT2D eigenvalue weighted by Crippen LogP contribution is 2.50. The van der Waals surface area contributed by atoms with Crippen LogP contribution in [0.25, 0.3) is 0 Å². The first-order valence-electron chi connectivity index (χ1n) is 8.72. The summed E-state index contributed by atoms with van der Waals surface area (Å²) in [6, 6.07) is 9.33. The topological polar surface area (TPSA) is 21.3 Å². The van der Waals surface area contributed by atoms with Gasteiger partial charge in [0.15, 0.2) is 0 Å². The minimum absolute atomic E-state index is 0.249. The predicted octanol–water partition coefficient (Wildman–Crippen LogP) is 3.71. The van der Waals surface area contributed by atoms with Gasteiger partial charge >= 0.3 is 0 Å². The summed E-state index contributed by atoms with van der Waals surface area (Å²) in [5, 5.41) is 3.57. The Morgan fingerprint density at radius 2 is 2.14 bits per heavy atom. The Labute approximate surface area is 128 Å². The van der Waals surface area contributed by atoms with Gasteiger partial charge in [-0.05, 0) is 68.0 Å². The van der Waals surface area contributed by atoms with E-state index in [1.165, 1.54) is 43.2 Å². The number of hydrogen-bond acceptors (Lipinski definition) is 2. The van der Waals surface area contributed by atoms with E-state index in [9.17, 15) is 0 Å². The Hall–Kier alpha value is -0.860. The van der Waals surface area contributed by atoms with E-state index >= 15 is 0 Å². The molecule has 0 spiro atoms. The van der Waals surface area contributed by atoms with Crippen molar-refractivity contribution in [2.75, 3.05) is 13.7 Å². The molecule has 1 aromatic carbocycles. The molecule has 5 unspecified atom stereocenters. The lowest BCUT2D eigenvalue weighted by molar-refractivity contribution is 0.00888. The van der Waals surface area contributed by atoms with E-state index in [0.29, 0.717) is 6.04 Å². The number of hydrogen-bond donors (Lipinski definition) is 1. The Morgan fingerprint density at radius 3 is 2.90 bits per heavy atom. The van der Waals surface area contributed by atoms with Gasteiger partial charge in [0.25, 0.3) is 0 Å². The molecular formula is C19H27NO. The normalized spacial score (nSPS) is 35.7. The fourth-order valence-corrected chi connectivity index (χ4v) is 5.14. The lowest BCUT2D eigenvalue weighted by atomic mass is 9.81. The minimum atomic E-state index is 0.249. The summed E-state index contributed by atoms with van der Waals surface area (Å²) < 4.78 is 6.19. The van der Waals surface area contributed by atoms with Gasteiger partial charge in [-0.15, -0.1) is 0 Å². The zero-order chi connectivity index (χ0) is 14.2. The predicted molar refractivity (Wildman–Crippen MR) is 85.2 cm³/mol. The molecule has 114 valence electrons. The van der Waals surface area contributed by atoms with Gasteiger partial charge in [0.05, 0.1) is 12.7 Å². The Morgan fingerprint density at radius 1 is 1.24 bits per heavy atom. The highest BCUT2D eigenvalue weighted by Gasteiger charge is 2.41. The largest absolute Gasteiger partial charge is 0.372 e. The first-order valence-corrected chi connectivity index (χ1v) is 8.72. The maximum Gasteiger partial charge on any atom is 0.0980 e. The number of fused-ring (bicyclic) bond motifs is 3. The zero-order valence-corrected chi connectivity index (χ0v) is 13.1. The summed E-state index contributed by atoms with van der Waals surface area (Å²) in [6.07, 6.45) is 8.55. The minimum Gasteiger partial charge on any atom is -0.372 e. The number of nitrogens with one attached hydrogen (secondary N) is 1. The Bertz CT molecular complexity index is 500. The quantitative estimate of drug-likeness (QED) is 0.910. The second-order valence-corrected chi connectivity index (χ2v) is 7.31. The van der Waals surface area contributed by atoms with Crippen molar-refractivity contribution in [2.24, 2.45) is 17.8 Å². The molecule has 1 aromatic rings. The zero-order valence-electron chi connectivity index (χ0n) is 13.1. The molecule has 2 nitrogen and oxygen atoms in total. The van der Waals surface area contributed by atoms with Gasteiger partial charge in [0.2, 0.25) is 0 Å². The SMILES string of the molecule is CNC(CC1CC2CCC1C2)C1OCCc2ccccc21. The van der Waals surface area contributed by atoms with Crippen molar-refractivity contribution in [3.8, 4) is 0 Å². The second kappa shape index (κ2) is 5.73. The van der Waals surface area contributed by atoms with E-state index in [4.69, 9.17) is 4.74 Å². The fourth-order valence-electron chi connectivity index (χ4n) is 5.14. The molecule has 1 N–H and O–H groups in total. The van der Waals surface area contributed by atoms with Gasteiger partial charge in [0, 0.05) is 6.04 Å². The third-order valence-corrected chi connectivity index (χ3v) is 6.21. The molecular weight excluding hydrogens is 258 g/mol. The highest BCUT2D eigenvalue weighted by molar-refractivity contribution is 5.32.